The quantitative estimate of drug-likeness (QED) is 0.140. The van der Waals surface area contributed by atoms with Crippen LogP contribution in [0.4, 0.5) is 17.1 Å². The molecule has 1 aliphatic rings. The van der Waals surface area contributed by atoms with Gasteiger partial charge in [-0.3, -0.25) is 0 Å². The second kappa shape index (κ2) is 16.6. The van der Waals surface area contributed by atoms with Gasteiger partial charge >= 0.3 is 0 Å². The Labute approximate surface area is 387 Å². The van der Waals surface area contributed by atoms with E-state index >= 15 is 0 Å². The minimum absolute atomic E-state index is 0.450. The Morgan fingerprint density at radius 3 is 1.30 bits per heavy atom. The molecule has 0 radical (unpaired) electrons. The summed E-state index contributed by atoms with van der Waals surface area (Å²) in [7, 11) is 0. The molecule has 0 N–H and O–H groups in total. The number of anilines is 3. The number of fused-ring (bicyclic) bond motifs is 4. The zero-order valence-corrected chi connectivity index (χ0v) is 36.4. The van der Waals surface area contributed by atoms with Gasteiger partial charge in [0.2, 0.25) is 0 Å². The topological polar surface area (TPSA) is 3.24 Å². The highest BCUT2D eigenvalue weighted by Crippen LogP contribution is 2.58. The lowest BCUT2D eigenvalue weighted by molar-refractivity contribution is 0.768. The fourth-order valence-electron chi connectivity index (χ4n) is 10.6. The Hall–Kier alpha value is -8.52. The summed E-state index contributed by atoms with van der Waals surface area (Å²) in [4.78, 5) is 2.38. The average molecular weight is 840 g/mol. The highest BCUT2D eigenvalue weighted by molar-refractivity contribution is 5.98. The second-order valence-corrected chi connectivity index (χ2v) is 17.2. The van der Waals surface area contributed by atoms with Crippen LogP contribution in [-0.4, -0.2) is 0 Å². The Kier molecular flexibility index (Phi) is 9.81. The van der Waals surface area contributed by atoms with Crippen LogP contribution in [0.5, 0.6) is 0 Å². The maximum Gasteiger partial charge on any atom is 0.0713 e. The summed E-state index contributed by atoms with van der Waals surface area (Å²) in [6.45, 7) is 0. The Morgan fingerprint density at radius 2 is 0.667 bits per heavy atom. The van der Waals surface area contributed by atoms with Crippen LogP contribution < -0.4 is 4.90 Å². The molecule has 11 aromatic carbocycles. The molecular weight excluding hydrogens is 795 g/mol. The van der Waals surface area contributed by atoms with Crippen LogP contribution in [-0.2, 0) is 5.41 Å². The highest BCUT2D eigenvalue weighted by Gasteiger charge is 2.46. The smallest absolute Gasteiger partial charge is 0.0713 e. The van der Waals surface area contributed by atoms with Gasteiger partial charge in [0, 0.05) is 17.1 Å². The molecule has 1 heteroatoms. The highest BCUT2D eigenvalue weighted by atomic mass is 15.1. The summed E-state index contributed by atoms with van der Waals surface area (Å²) in [5.74, 6) is 0. The third kappa shape index (κ3) is 6.64. The SMILES string of the molecule is c1ccc(-c2cccc(-c3ccc(N(c4ccc(-c5cccc6c5-c5ccccc5C6(c5ccccc5)c5ccccc5)cc4)c4ccc(-c5cccc6ccccc56)cc4)cc3)c2)cc1. The van der Waals surface area contributed by atoms with E-state index in [2.05, 4.69) is 278 Å². The first-order chi connectivity index (χ1) is 32.7. The maximum absolute atomic E-state index is 2.38. The predicted octanol–water partition coefficient (Wildman–Crippen LogP) is 17.3. The molecule has 12 rings (SSSR count). The number of hydrogen-bond donors (Lipinski definition) is 0. The molecule has 310 valence electrons. The molecule has 0 fully saturated rings. The van der Waals surface area contributed by atoms with Gasteiger partial charge < -0.3 is 4.90 Å². The van der Waals surface area contributed by atoms with Crippen LogP contribution in [0.1, 0.15) is 22.3 Å². The third-order valence-corrected chi connectivity index (χ3v) is 13.6. The second-order valence-electron chi connectivity index (χ2n) is 17.2. The van der Waals surface area contributed by atoms with E-state index in [1.807, 2.05) is 0 Å². The van der Waals surface area contributed by atoms with Crippen LogP contribution in [0, 0.1) is 0 Å². The summed E-state index contributed by atoms with van der Waals surface area (Å²) >= 11 is 0. The molecular formula is C65H45N. The van der Waals surface area contributed by atoms with Gasteiger partial charge in [0.1, 0.15) is 0 Å². The number of benzene rings is 11. The Bertz CT molecular complexity index is 3440. The van der Waals surface area contributed by atoms with Crippen molar-refractivity contribution in [2.24, 2.45) is 0 Å². The predicted molar refractivity (Wildman–Crippen MR) is 278 cm³/mol. The maximum atomic E-state index is 2.38. The van der Waals surface area contributed by atoms with Crippen molar-refractivity contribution in [3.63, 3.8) is 0 Å². The van der Waals surface area contributed by atoms with E-state index in [-0.39, 0.29) is 0 Å². The van der Waals surface area contributed by atoms with E-state index in [0.717, 1.165) is 17.1 Å². The van der Waals surface area contributed by atoms with Crippen molar-refractivity contribution in [1.82, 2.24) is 0 Å². The average Bonchev–Trinajstić information content (AvgIpc) is 3.71. The van der Waals surface area contributed by atoms with Gasteiger partial charge in [-0.05, 0) is 131 Å². The van der Waals surface area contributed by atoms with Crippen molar-refractivity contribution in [2.45, 2.75) is 5.41 Å². The first kappa shape index (κ1) is 39.1. The first-order valence-corrected chi connectivity index (χ1v) is 22.8. The molecule has 0 spiro atoms. The van der Waals surface area contributed by atoms with Gasteiger partial charge in [0.15, 0.2) is 0 Å². The van der Waals surface area contributed by atoms with Gasteiger partial charge in [-0.15, -0.1) is 0 Å². The molecule has 66 heavy (non-hydrogen) atoms. The molecule has 0 saturated carbocycles. The fraction of sp³-hybridized carbons (Fsp3) is 0.0154. The van der Waals surface area contributed by atoms with Crippen molar-refractivity contribution in [3.05, 3.63) is 295 Å². The van der Waals surface area contributed by atoms with E-state index in [4.69, 9.17) is 0 Å². The van der Waals surface area contributed by atoms with Gasteiger partial charge in [-0.1, -0.05) is 231 Å². The molecule has 1 nitrogen and oxygen atoms in total. The van der Waals surface area contributed by atoms with E-state index in [9.17, 15) is 0 Å². The summed E-state index contributed by atoms with van der Waals surface area (Å²) < 4.78 is 0. The van der Waals surface area contributed by atoms with Gasteiger partial charge in [0.05, 0.1) is 5.41 Å². The minimum Gasteiger partial charge on any atom is -0.311 e. The summed E-state index contributed by atoms with van der Waals surface area (Å²) in [5.41, 5.74) is 20.2. The Balaban J connectivity index is 0.962. The van der Waals surface area contributed by atoms with Crippen molar-refractivity contribution >= 4 is 27.8 Å². The zero-order chi connectivity index (χ0) is 43.9. The molecule has 0 bridgehead atoms. The van der Waals surface area contributed by atoms with E-state index in [0.29, 0.717) is 0 Å². The Morgan fingerprint density at radius 1 is 0.258 bits per heavy atom. The van der Waals surface area contributed by atoms with Crippen molar-refractivity contribution in [1.29, 1.82) is 0 Å². The summed E-state index contributed by atoms with van der Waals surface area (Å²) in [5, 5.41) is 2.50. The molecule has 1 aliphatic carbocycles. The van der Waals surface area contributed by atoms with Crippen LogP contribution in [0.3, 0.4) is 0 Å². The van der Waals surface area contributed by atoms with Crippen LogP contribution in [0.25, 0.3) is 66.4 Å². The van der Waals surface area contributed by atoms with Crippen molar-refractivity contribution in [3.8, 4) is 55.6 Å². The lowest BCUT2D eigenvalue weighted by atomic mass is 9.67. The van der Waals surface area contributed by atoms with Crippen molar-refractivity contribution in [2.75, 3.05) is 4.90 Å². The summed E-state index contributed by atoms with van der Waals surface area (Å²) in [6, 6.07) is 99.8. The molecule has 0 atom stereocenters. The minimum atomic E-state index is -0.450. The molecule has 0 unspecified atom stereocenters. The van der Waals surface area contributed by atoms with Crippen LogP contribution in [0.15, 0.2) is 273 Å². The molecule has 0 amide bonds. The van der Waals surface area contributed by atoms with Gasteiger partial charge in [0.25, 0.3) is 0 Å². The van der Waals surface area contributed by atoms with E-state index in [1.54, 1.807) is 0 Å². The lowest BCUT2D eigenvalue weighted by Gasteiger charge is -2.34. The fourth-order valence-corrected chi connectivity index (χ4v) is 10.6. The zero-order valence-electron chi connectivity index (χ0n) is 36.4. The standard InChI is InChI=1S/C65H45N/c1-4-17-46(18-5-1)51-21-14-22-52(45-51)47-33-39-55(40-34-47)66(56-41-35-49(36-42-56)59-29-15-20-48-19-10-11-27-58(48)59)57-43-37-50(38-44-57)60-30-16-32-63-64(60)61-28-12-13-31-62(61)65(63,53-23-6-2-7-24-53)54-25-8-3-9-26-54/h1-45H. The lowest BCUT2D eigenvalue weighted by Crippen LogP contribution is -2.28. The molecule has 0 heterocycles. The number of hydrogen-bond acceptors (Lipinski definition) is 1. The van der Waals surface area contributed by atoms with E-state index in [1.165, 1.54) is 88.7 Å². The normalized spacial score (nSPS) is 12.4. The number of rotatable bonds is 9. The first-order valence-electron chi connectivity index (χ1n) is 22.8. The molecule has 11 aromatic rings. The third-order valence-electron chi connectivity index (χ3n) is 13.6. The summed E-state index contributed by atoms with van der Waals surface area (Å²) in [6.07, 6.45) is 0. The molecule has 0 aliphatic heterocycles. The van der Waals surface area contributed by atoms with Gasteiger partial charge in [-0.2, -0.15) is 0 Å². The van der Waals surface area contributed by atoms with Crippen LogP contribution in [0.2, 0.25) is 0 Å². The van der Waals surface area contributed by atoms with E-state index < -0.39 is 5.41 Å². The monoisotopic (exact) mass is 839 g/mol. The number of nitrogens with zero attached hydrogens (tertiary/aromatic N) is 1. The van der Waals surface area contributed by atoms with Crippen molar-refractivity contribution < 1.29 is 0 Å². The van der Waals surface area contributed by atoms with Crippen LogP contribution >= 0.6 is 0 Å². The molecule has 0 aromatic heterocycles. The van der Waals surface area contributed by atoms with Gasteiger partial charge in [-0.25, -0.2) is 0 Å². The largest absolute Gasteiger partial charge is 0.311 e. The molecule has 0 saturated heterocycles.